The Balaban J connectivity index is 1.61. The summed E-state index contributed by atoms with van der Waals surface area (Å²) in [5.74, 6) is 1.19. The van der Waals surface area contributed by atoms with Gasteiger partial charge < -0.3 is 15.4 Å². The fourth-order valence-electron chi connectivity index (χ4n) is 3.64. The number of hydrazone groups is 1. The lowest BCUT2D eigenvalue weighted by molar-refractivity contribution is 0.106. The van der Waals surface area contributed by atoms with Crippen molar-refractivity contribution in [3.8, 4) is 0 Å². The highest BCUT2D eigenvalue weighted by Gasteiger charge is 2.34. The van der Waals surface area contributed by atoms with Crippen molar-refractivity contribution in [2.24, 2.45) is 15.8 Å². The van der Waals surface area contributed by atoms with Crippen LogP contribution in [-0.2, 0) is 4.74 Å². The maximum absolute atomic E-state index is 6.44. The predicted molar refractivity (Wildman–Crippen MR) is 128 cm³/mol. The van der Waals surface area contributed by atoms with Gasteiger partial charge >= 0.3 is 0 Å². The Hall–Kier alpha value is -2.93. The second-order valence-corrected chi connectivity index (χ2v) is 9.79. The minimum absolute atomic E-state index is 0.469. The Morgan fingerprint density at radius 2 is 1.81 bits per heavy atom. The molecule has 1 atom stereocenters. The summed E-state index contributed by atoms with van der Waals surface area (Å²) >= 11 is 1.85. The van der Waals surface area contributed by atoms with Crippen LogP contribution >= 0.6 is 11.8 Å². The molecule has 0 aromatic heterocycles. The van der Waals surface area contributed by atoms with Crippen LogP contribution < -0.4 is 5.73 Å². The Bertz CT molecular complexity index is 1060. The summed E-state index contributed by atoms with van der Waals surface area (Å²) in [6.45, 7) is 7.09. The van der Waals surface area contributed by atoms with Crippen molar-refractivity contribution in [3.05, 3.63) is 76.7 Å². The molecule has 2 N–H and O–H groups in total. The number of thioether (sulfide) groups is 1. The molecular formula is C24H29N5OS. The molecule has 6 nitrogen and oxygen atoms in total. The van der Waals surface area contributed by atoms with Crippen LogP contribution in [0.3, 0.4) is 0 Å². The number of benzene rings is 2. The van der Waals surface area contributed by atoms with Gasteiger partial charge in [0.2, 0.25) is 12.1 Å². The molecule has 1 unspecified atom stereocenters. The highest BCUT2D eigenvalue weighted by molar-refractivity contribution is 7.99. The maximum Gasteiger partial charge on any atom is 0.240 e. The number of aryl methyl sites for hydroxylation is 1. The molecule has 0 aliphatic carbocycles. The maximum atomic E-state index is 6.44. The fraction of sp³-hybridized carbons (Fsp3) is 0.333. The van der Waals surface area contributed by atoms with E-state index in [-0.39, 0.29) is 0 Å². The van der Waals surface area contributed by atoms with Gasteiger partial charge in [-0.3, -0.25) is 5.01 Å². The van der Waals surface area contributed by atoms with E-state index < -0.39 is 6.23 Å². The number of hydrogen-bond donors (Lipinski definition) is 1. The van der Waals surface area contributed by atoms with Crippen molar-refractivity contribution in [1.82, 2.24) is 9.91 Å². The quantitative estimate of drug-likeness (QED) is 0.719. The van der Waals surface area contributed by atoms with Crippen molar-refractivity contribution in [2.45, 2.75) is 37.1 Å². The van der Waals surface area contributed by atoms with Crippen LogP contribution in [0.2, 0.25) is 0 Å². The van der Waals surface area contributed by atoms with E-state index in [0.717, 1.165) is 22.4 Å². The summed E-state index contributed by atoms with van der Waals surface area (Å²) in [5.41, 5.74) is 11.3. The van der Waals surface area contributed by atoms with Crippen LogP contribution in [0.15, 0.2) is 75.0 Å². The van der Waals surface area contributed by atoms with Gasteiger partial charge in [0.05, 0.1) is 12.3 Å². The fourth-order valence-corrected chi connectivity index (χ4v) is 4.48. The molecular weight excluding hydrogens is 406 g/mol. The van der Waals surface area contributed by atoms with Crippen LogP contribution in [0.1, 0.15) is 30.5 Å². The van der Waals surface area contributed by atoms with Crippen LogP contribution in [0.25, 0.3) is 0 Å². The zero-order chi connectivity index (χ0) is 22.1. The number of likely N-dealkylation sites (N-methyl/N-ethyl adjacent to an activating group) is 2. The summed E-state index contributed by atoms with van der Waals surface area (Å²) in [6.07, 6.45) is -0.469. The number of rotatable bonds is 5. The van der Waals surface area contributed by atoms with Crippen LogP contribution in [0, 0.1) is 6.92 Å². The first-order valence-corrected chi connectivity index (χ1v) is 11.3. The highest BCUT2D eigenvalue weighted by atomic mass is 32.2. The smallest absolute Gasteiger partial charge is 0.240 e. The molecule has 2 aliphatic heterocycles. The molecule has 0 saturated heterocycles. The average molecular weight is 436 g/mol. The zero-order valence-electron chi connectivity index (χ0n) is 18.7. The molecule has 0 fully saturated rings. The van der Waals surface area contributed by atoms with E-state index in [9.17, 15) is 0 Å². The van der Waals surface area contributed by atoms with Gasteiger partial charge in [-0.1, -0.05) is 44.2 Å². The molecule has 0 saturated carbocycles. The summed E-state index contributed by atoms with van der Waals surface area (Å²) in [6, 6.07) is 16.6. The molecule has 0 radical (unpaired) electrons. The summed E-state index contributed by atoms with van der Waals surface area (Å²) in [7, 11) is 3.86. The third-order valence-corrected chi connectivity index (χ3v) is 6.31. The normalized spacial score (nSPS) is 19.0. The van der Waals surface area contributed by atoms with Crippen molar-refractivity contribution >= 4 is 23.4 Å². The lowest BCUT2D eigenvalue weighted by Gasteiger charge is -2.30. The third kappa shape index (κ3) is 4.42. The van der Waals surface area contributed by atoms with Gasteiger partial charge in [-0.05, 0) is 36.2 Å². The highest BCUT2D eigenvalue weighted by Crippen LogP contribution is 2.29. The Kier molecular flexibility index (Phi) is 5.96. The second-order valence-electron chi connectivity index (χ2n) is 8.14. The Morgan fingerprint density at radius 3 is 2.48 bits per heavy atom. The molecule has 2 aromatic carbocycles. The average Bonchev–Trinajstić information content (AvgIpc) is 3.11. The van der Waals surface area contributed by atoms with E-state index in [0.29, 0.717) is 29.2 Å². The lowest BCUT2D eigenvalue weighted by atomic mass is 10.1. The van der Waals surface area contributed by atoms with Gasteiger partial charge in [0.15, 0.2) is 0 Å². The van der Waals surface area contributed by atoms with Crippen LogP contribution in [0.5, 0.6) is 0 Å². The van der Waals surface area contributed by atoms with E-state index in [1.165, 1.54) is 4.90 Å². The van der Waals surface area contributed by atoms with Crippen LogP contribution in [-0.4, -0.2) is 53.6 Å². The van der Waals surface area contributed by atoms with Gasteiger partial charge in [0.1, 0.15) is 11.5 Å². The Morgan fingerprint density at radius 1 is 1.10 bits per heavy atom. The number of nitrogens with two attached hydrogens (primary N) is 1. The van der Waals surface area contributed by atoms with E-state index in [1.807, 2.05) is 61.9 Å². The minimum atomic E-state index is -0.469. The van der Waals surface area contributed by atoms with Crippen molar-refractivity contribution in [2.75, 3.05) is 20.6 Å². The minimum Gasteiger partial charge on any atom is -0.444 e. The summed E-state index contributed by atoms with van der Waals surface area (Å²) in [4.78, 5) is 8.21. The molecule has 0 amide bonds. The Labute approximate surface area is 188 Å². The molecule has 0 spiro atoms. The predicted octanol–water partition coefficient (Wildman–Crippen LogP) is 4.01. The molecule has 2 heterocycles. The van der Waals surface area contributed by atoms with Gasteiger partial charge in [-0.15, -0.1) is 16.9 Å². The molecule has 7 heteroatoms. The van der Waals surface area contributed by atoms with E-state index in [2.05, 4.69) is 43.2 Å². The topological polar surface area (TPSA) is 66.5 Å². The second kappa shape index (κ2) is 8.67. The number of nitrogens with zero attached hydrogens (tertiary/aromatic N) is 4. The van der Waals surface area contributed by atoms with Gasteiger partial charge in [0, 0.05) is 29.8 Å². The van der Waals surface area contributed by atoms with Crippen molar-refractivity contribution < 1.29 is 4.74 Å². The molecule has 31 heavy (non-hydrogen) atoms. The first-order valence-electron chi connectivity index (χ1n) is 10.4. The van der Waals surface area contributed by atoms with Crippen molar-refractivity contribution in [1.29, 1.82) is 0 Å². The number of hydrogen-bond acceptors (Lipinski definition) is 7. The SMILES string of the molecule is Cc1ccccc1C1=NN(C)C(C2=C(N)N(C)CC(c3ccc(SC(C)C)cc3)=N2)O1. The number of ether oxygens (including phenoxy) is 1. The van der Waals surface area contributed by atoms with Crippen molar-refractivity contribution in [3.63, 3.8) is 0 Å². The van der Waals surface area contributed by atoms with Gasteiger partial charge in [-0.2, -0.15) is 0 Å². The zero-order valence-corrected chi connectivity index (χ0v) is 19.5. The molecule has 162 valence electrons. The van der Waals surface area contributed by atoms with E-state index >= 15 is 0 Å². The molecule has 2 aliphatic rings. The lowest BCUT2D eigenvalue weighted by Crippen LogP contribution is -2.39. The standard InChI is InChI=1S/C24H29N5OS/c1-15(2)31-18-12-10-17(11-13-18)20-14-28(4)22(25)21(26-20)24-29(5)27-23(30-24)19-9-7-6-8-16(19)3/h6-13,15,24H,14,25H2,1-5H3. The summed E-state index contributed by atoms with van der Waals surface area (Å²) in [5, 5.41) is 6.96. The van der Waals surface area contributed by atoms with E-state index in [1.54, 1.807) is 5.01 Å². The number of aliphatic imine (C=N–C) groups is 1. The molecule has 4 rings (SSSR count). The third-order valence-electron chi connectivity index (χ3n) is 5.30. The first kappa shape index (κ1) is 21.3. The monoisotopic (exact) mass is 435 g/mol. The van der Waals surface area contributed by atoms with E-state index in [4.69, 9.17) is 15.5 Å². The molecule has 2 aromatic rings. The largest absolute Gasteiger partial charge is 0.444 e. The van der Waals surface area contributed by atoms with Gasteiger partial charge in [0.25, 0.3) is 0 Å². The summed E-state index contributed by atoms with van der Waals surface area (Å²) < 4.78 is 6.25. The molecule has 0 bridgehead atoms. The van der Waals surface area contributed by atoms with Gasteiger partial charge in [-0.25, -0.2) is 4.99 Å². The van der Waals surface area contributed by atoms with Crippen LogP contribution in [0.4, 0.5) is 0 Å². The first-order chi connectivity index (χ1) is 14.8.